The maximum absolute atomic E-state index is 13.7. The van der Waals surface area contributed by atoms with Crippen LogP contribution in [0.5, 0.6) is 5.75 Å². The molecule has 1 aromatic carbocycles. The molecule has 120 valence electrons. The molecular formula is C17H23FN2O2. The maximum Gasteiger partial charge on any atom is 0.223 e. The fraction of sp³-hybridized carbons (Fsp3) is 0.588. The lowest BCUT2D eigenvalue weighted by Crippen LogP contribution is -2.47. The standard InChI is InChI=1S/C17H23FN2O2/c1-22-16-7-4-12(9-15(16)18)10-20-8-2-3-14(11-20)19-17(21)13-5-6-13/h4,7,9,13-14H,2-3,5-6,8,10-11H2,1H3,(H,19,21). The summed E-state index contributed by atoms with van der Waals surface area (Å²) in [7, 11) is 1.47. The summed E-state index contributed by atoms with van der Waals surface area (Å²) in [5.74, 6) is 0.418. The van der Waals surface area contributed by atoms with E-state index in [-0.39, 0.29) is 29.4 Å². The van der Waals surface area contributed by atoms with Gasteiger partial charge in [-0.2, -0.15) is 0 Å². The SMILES string of the molecule is COc1ccc(CN2CCCC(NC(=O)C3CC3)C2)cc1F. The summed E-state index contributed by atoms with van der Waals surface area (Å²) < 4.78 is 18.7. The van der Waals surface area contributed by atoms with E-state index in [0.717, 1.165) is 44.3 Å². The highest BCUT2D eigenvalue weighted by molar-refractivity contribution is 5.81. The van der Waals surface area contributed by atoms with Crippen molar-refractivity contribution in [1.29, 1.82) is 0 Å². The summed E-state index contributed by atoms with van der Waals surface area (Å²) in [4.78, 5) is 14.1. The second kappa shape index (κ2) is 6.65. The number of benzene rings is 1. The molecule has 1 amide bonds. The van der Waals surface area contributed by atoms with Crippen molar-refractivity contribution in [2.24, 2.45) is 5.92 Å². The molecule has 2 fully saturated rings. The number of halogens is 1. The second-order valence-corrected chi connectivity index (χ2v) is 6.33. The van der Waals surface area contributed by atoms with Crippen LogP contribution in [0.4, 0.5) is 4.39 Å². The van der Waals surface area contributed by atoms with Gasteiger partial charge in [-0.15, -0.1) is 0 Å². The predicted octanol–water partition coefficient (Wildman–Crippen LogP) is 2.32. The number of nitrogens with one attached hydrogen (secondary N) is 1. The summed E-state index contributed by atoms with van der Waals surface area (Å²) in [6.45, 7) is 2.53. The van der Waals surface area contributed by atoms with Crippen molar-refractivity contribution in [2.45, 2.75) is 38.3 Å². The molecule has 1 aromatic rings. The van der Waals surface area contributed by atoms with Crippen LogP contribution in [-0.2, 0) is 11.3 Å². The van der Waals surface area contributed by atoms with Gasteiger partial charge in [-0.05, 0) is 49.9 Å². The predicted molar refractivity (Wildman–Crippen MR) is 82.1 cm³/mol. The molecule has 0 radical (unpaired) electrons. The Morgan fingerprint density at radius 1 is 1.41 bits per heavy atom. The summed E-state index contributed by atoms with van der Waals surface area (Å²) >= 11 is 0. The van der Waals surface area contributed by atoms with Crippen molar-refractivity contribution in [3.8, 4) is 5.75 Å². The number of carbonyl (C=O) groups excluding carboxylic acids is 1. The Kier molecular flexibility index (Phi) is 4.62. The highest BCUT2D eigenvalue weighted by atomic mass is 19.1. The molecule has 2 aliphatic rings. The number of piperidine rings is 1. The Labute approximate surface area is 130 Å². The molecule has 1 saturated heterocycles. The summed E-state index contributed by atoms with van der Waals surface area (Å²) in [5.41, 5.74) is 0.937. The van der Waals surface area contributed by atoms with Crippen molar-refractivity contribution in [3.05, 3.63) is 29.6 Å². The minimum Gasteiger partial charge on any atom is -0.494 e. The van der Waals surface area contributed by atoms with Gasteiger partial charge in [-0.1, -0.05) is 6.07 Å². The normalized spacial score (nSPS) is 22.4. The number of rotatable bonds is 5. The third kappa shape index (κ3) is 3.77. The van der Waals surface area contributed by atoms with E-state index in [9.17, 15) is 9.18 Å². The van der Waals surface area contributed by atoms with Crippen molar-refractivity contribution >= 4 is 5.91 Å². The largest absolute Gasteiger partial charge is 0.494 e. The van der Waals surface area contributed by atoms with Gasteiger partial charge in [-0.3, -0.25) is 9.69 Å². The van der Waals surface area contributed by atoms with Gasteiger partial charge in [0, 0.05) is 25.0 Å². The van der Waals surface area contributed by atoms with E-state index >= 15 is 0 Å². The Hall–Kier alpha value is -1.62. The summed E-state index contributed by atoms with van der Waals surface area (Å²) in [6, 6.07) is 5.32. The van der Waals surface area contributed by atoms with E-state index in [1.165, 1.54) is 13.2 Å². The van der Waals surface area contributed by atoms with E-state index < -0.39 is 0 Å². The lowest BCUT2D eigenvalue weighted by atomic mass is 10.0. The van der Waals surface area contributed by atoms with Gasteiger partial charge in [0.15, 0.2) is 11.6 Å². The van der Waals surface area contributed by atoms with E-state index in [1.807, 2.05) is 6.07 Å². The van der Waals surface area contributed by atoms with E-state index in [1.54, 1.807) is 6.07 Å². The van der Waals surface area contributed by atoms with E-state index in [0.29, 0.717) is 6.54 Å². The topological polar surface area (TPSA) is 41.6 Å². The van der Waals surface area contributed by atoms with Crippen LogP contribution in [-0.4, -0.2) is 37.0 Å². The fourth-order valence-corrected chi connectivity index (χ4v) is 3.05. The number of hydrogen-bond donors (Lipinski definition) is 1. The zero-order valence-electron chi connectivity index (χ0n) is 13.0. The lowest BCUT2D eigenvalue weighted by molar-refractivity contribution is -0.123. The van der Waals surface area contributed by atoms with Gasteiger partial charge in [-0.25, -0.2) is 4.39 Å². The molecule has 0 aromatic heterocycles. The van der Waals surface area contributed by atoms with Crippen LogP contribution < -0.4 is 10.1 Å². The number of methoxy groups -OCH3 is 1. The smallest absolute Gasteiger partial charge is 0.223 e. The zero-order chi connectivity index (χ0) is 15.5. The number of nitrogens with zero attached hydrogens (tertiary/aromatic N) is 1. The molecule has 0 spiro atoms. The van der Waals surface area contributed by atoms with Crippen LogP contribution in [0.1, 0.15) is 31.2 Å². The molecule has 1 atom stereocenters. The molecule has 1 unspecified atom stereocenters. The van der Waals surface area contributed by atoms with E-state index in [4.69, 9.17) is 4.74 Å². The van der Waals surface area contributed by atoms with Gasteiger partial charge in [0.1, 0.15) is 0 Å². The minimum absolute atomic E-state index is 0.211. The third-order valence-electron chi connectivity index (χ3n) is 4.42. The first-order valence-electron chi connectivity index (χ1n) is 8.01. The summed E-state index contributed by atoms with van der Waals surface area (Å²) in [5, 5.41) is 3.15. The Bertz CT molecular complexity index is 545. The molecular weight excluding hydrogens is 283 g/mol. The first kappa shape index (κ1) is 15.3. The molecule has 1 saturated carbocycles. The molecule has 22 heavy (non-hydrogen) atoms. The first-order valence-corrected chi connectivity index (χ1v) is 8.01. The van der Waals surface area contributed by atoms with Crippen LogP contribution in [0.2, 0.25) is 0 Å². The monoisotopic (exact) mass is 306 g/mol. The van der Waals surface area contributed by atoms with Crippen LogP contribution >= 0.6 is 0 Å². The number of hydrogen-bond acceptors (Lipinski definition) is 3. The number of carbonyl (C=O) groups is 1. The molecule has 4 nitrogen and oxygen atoms in total. The zero-order valence-corrected chi connectivity index (χ0v) is 13.0. The van der Waals surface area contributed by atoms with Crippen LogP contribution in [0, 0.1) is 11.7 Å². The Morgan fingerprint density at radius 3 is 2.91 bits per heavy atom. The number of ether oxygens (including phenoxy) is 1. The summed E-state index contributed by atoms with van der Waals surface area (Å²) in [6.07, 6.45) is 4.17. The van der Waals surface area contributed by atoms with Gasteiger partial charge in [0.2, 0.25) is 5.91 Å². The van der Waals surface area contributed by atoms with Gasteiger partial charge >= 0.3 is 0 Å². The van der Waals surface area contributed by atoms with Gasteiger partial charge in [0.05, 0.1) is 7.11 Å². The fourth-order valence-electron chi connectivity index (χ4n) is 3.05. The van der Waals surface area contributed by atoms with Crippen LogP contribution in [0.15, 0.2) is 18.2 Å². The average Bonchev–Trinajstić information content (AvgIpc) is 3.32. The highest BCUT2D eigenvalue weighted by Gasteiger charge is 2.32. The van der Waals surface area contributed by atoms with E-state index in [2.05, 4.69) is 10.2 Å². The maximum atomic E-state index is 13.7. The van der Waals surface area contributed by atoms with Crippen LogP contribution in [0.3, 0.4) is 0 Å². The van der Waals surface area contributed by atoms with Crippen molar-refractivity contribution in [3.63, 3.8) is 0 Å². The molecule has 5 heteroatoms. The highest BCUT2D eigenvalue weighted by Crippen LogP contribution is 2.29. The average molecular weight is 306 g/mol. The van der Waals surface area contributed by atoms with Crippen molar-refractivity contribution in [2.75, 3.05) is 20.2 Å². The molecule has 1 aliphatic heterocycles. The second-order valence-electron chi connectivity index (χ2n) is 6.33. The number of likely N-dealkylation sites (tertiary alicyclic amines) is 1. The van der Waals surface area contributed by atoms with Crippen molar-refractivity contribution in [1.82, 2.24) is 10.2 Å². The Balaban J connectivity index is 1.55. The molecule has 0 bridgehead atoms. The quantitative estimate of drug-likeness (QED) is 0.908. The molecule has 3 rings (SSSR count). The lowest BCUT2D eigenvalue weighted by Gasteiger charge is -2.33. The molecule has 1 heterocycles. The third-order valence-corrected chi connectivity index (χ3v) is 4.42. The van der Waals surface area contributed by atoms with Gasteiger partial charge in [0.25, 0.3) is 0 Å². The first-order chi connectivity index (χ1) is 10.7. The molecule has 1 N–H and O–H groups in total. The molecule has 1 aliphatic carbocycles. The van der Waals surface area contributed by atoms with Crippen molar-refractivity contribution < 1.29 is 13.9 Å². The van der Waals surface area contributed by atoms with Crippen LogP contribution in [0.25, 0.3) is 0 Å². The minimum atomic E-state index is -0.324. The number of amides is 1. The Morgan fingerprint density at radius 2 is 2.23 bits per heavy atom. The van der Waals surface area contributed by atoms with Gasteiger partial charge < -0.3 is 10.1 Å².